The number of pyridine rings is 1. The van der Waals surface area contributed by atoms with Gasteiger partial charge in [-0.3, -0.25) is 14.9 Å². The summed E-state index contributed by atoms with van der Waals surface area (Å²) >= 11 is 0. The number of hydrogen-bond acceptors (Lipinski definition) is 4. The number of aldehydes is 1. The van der Waals surface area contributed by atoms with E-state index in [1.807, 2.05) is 0 Å². The molecule has 12 heteroatoms. The minimum atomic E-state index is -5.04. The number of carbonyl (C=O) groups is 2. The molecule has 0 aliphatic carbocycles. The summed E-state index contributed by atoms with van der Waals surface area (Å²) in [7, 11) is 0. The van der Waals surface area contributed by atoms with Gasteiger partial charge in [-0.1, -0.05) is 36.4 Å². The predicted molar refractivity (Wildman–Crippen MR) is 131 cm³/mol. The minimum absolute atomic E-state index is 0.00650. The second kappa shape index (κ2) is 9.94. The van der Waals surface area contributed by atoms with E-state index in [0.717, 1.165) is 5.32 Å². The lowest BCUT2D eigenvalue weighted by molar-refractivity contribution is -0.571. The molecule has 0 radical (unpaired) electrons. The Morgan fingerprint density at radius 1 is 0.950 bits per heavy atom. The Balaban J connectivity index is 1.63. The molecule has 3 aromatic carbocycles. The Hall–Kier alpha value is -4.45. The standard InChI is InChI=1S/C28H18F6N2O4/c29-27(30,31)18-10-16(11-19(12-18)28(32,33)34)13-35-25(38)23-22(17-6-4-15(14-37)5-7-17)20-2-1-3-21-24(20)36(26(23)39)8-9-40-21/h1-7,10-12,14H,8-9,13H2,(H,35,38)/p+1. The molecule has 0 atom stereocenters. The monoisotopic (exact) mass is 561 g/mol. The summed E-state index contributed by atoms with van der Waals surface area (Å²) < 4.78 is 86.8. The van der Waals surface area contributed by atoms with Crippen molar-refractivity contribution in [2.75, 3.05) is 6.61 Å². The predicted octanol–water partition coefficient (Wildman–Crippen LogP) is 4.81. The number of hydrogen-bond donors (Lipinski definition) is 1. The third-order valence-corrected chi connectivity index (χ3v) is 6.57. The van der Waals surface area contributed by atoms with Crippen LogP contribution in [-0.4, -0.2) is 23.4 Å². The molecule has 4 aromatic rings. The minimum Gasteiger partial charge on any atom is -0.490 e. The van der Waals surface area contributed by atoms with Gasteiger partial charge in [-0.25, -0.2) is 4.79 Å². The van der Waals surface area contributed by atoms with Crippen molar-refractivity contribution >= 4 is 23.1 Å². The van der Waals surface area contributed by atoms with E-state index in [4.69, 9.17) is 4.74 Å². The summed E-state index contributed by atoms with van der Waals surface area (Å²) in [5, 5.41) is 1.38. The number of carbonyl (C=O) groups excluding carboxylic acids is 2. The summed E-state index contributed by atoms with van der Waals surface area (Å²) in [5.41, 5.74) is -2.98. The maximum atomic E-state index is 13.7. The normalized spacial score (nSPS) is 13.2. The van der Waals surface area contributed by atoms with Crippen LogP contribution < -0.4 is 15.6 Å². The number of nitrogens with zero attached hydrogens (tertiary/aromatic N) is 1. The highest BCUT2D eigenvalue weighted by Crippen LogP contribution is 2.37. The quantitative estimate of drug-likeness (QED) is 0.280. The van der Waals surface area contributed by atoms with Gasteiger partial charge in [0.2, 0.25) is 0 Å². The van der Waals surface area contributed by atoms with Crippen LogP contribution in [0.2, 0.25) is 0 Å². The lowest BCUT2D eigenvalue weighted by Gasteiger charge is -2.23. The van der Waals surface area contributed by atoms with Crippen molar-refractivity contribution in [3.8, 4) is 16.9 Å². The number of benzene rings is 3. The number of amides is 1. The maximum Gasteiger partial charge on any atom is 0.416 e. The molecule has 0 saturated carbocycles. The van der Waals surface area contributed by atoms with Crippen LogP contribution in [0.5, 0.6) is 5.75 Å². The number of rotatable bonds is 5. The first kappa shape index (κ1) is 27.1. The molecule has 1 aromatic heterocycles. The van der Waals surface area contributed by atoms with Crippen LogP contribution in [0.15, 0.2) is 65.5 Å². The Kier molecular flexibility index (Phi) is 6.74. The number of alkyl halides is 6. The van der Waals surface area contributed by atoms with Crippen LogP contribution in [0.4, 0.5) is 26.3 Å². The van der Waals surface area contributed by atoms with E-state index in [-0.39, 0.29) is 30.3 Å². The molecule has 0 unspecified atom stereocenters. The van der Waals surface area contributed by atoms with Gasteiger partial charge in [-0.2, -0.15) is 26.3 Å². The molecule has 0 saturated heterocycles. The fourth-order valence-corrected chi connectivity index (χ4v) is 4.76. The third kappa shape index (κ3) is 4.97. The van der Waals surface area contributed by atoms with E-state index < -0.39 is 47.1 Å². The summed E-state index contributed by atoms with van der Waals surface area (Å²) in [6.07, 6.45) is -9.46. The molecule has 206 valence electrons. The molecule has 2 heterocycles. The summed E-state index contributed by atoms with van der Waals surface area (Å²) in [6.45, 7) is -0.309. The fourth-order valence-electron chi connectivity index (χ4n) is 4.76. The molecule has 5 rings (SSSR count). The van der Waals surface area contributed by atoms with Crippen molar-refractivity contribution in [1.29, 1.82) is 0 Å². The molecule has 0 bridgehead atoms. The fraction of sp³-hybridized carbons (Fsp3) is 0.179. The van der Waals surface area contributed by atoms with E-state index in [1.165, 1.54) is 16.7 Å². The number of para-hydroxylation sites is 1. The van der Waals surface area contributed by atoms with Gasteiger partial charge in [0.15, 0.2) is 5.56 Å². The Morgan fingerprint density at radius 2 is 1.60 bits per heavy atom. The van der Waals surface area contributed by atoms with Crippen molar-refractivity contribution in [1.82, 2.24) is 4.57 Å². The van der Waals surface area contributed by atoms with E-state index in [9.17, 15) is 40.7 Å². The number of aromatic nitrogens is 1. The second-order valence-corrected chi connectivity index (χ2v) is 9.13. The number of quaternary nitrogens is 1. The molecule has 1 amide bonds. The topological polar surface area (TPSA) is 82.0 Å². The third-order valence-electron chi connectivity index (χ3n) is 6.57. The van der Waals surface area contributed by atoms with Crippen molar-refractivity contribution < 1.29 is 46.0 Å². The van der Waals surface area contributed by atoms with Crippen LogP contribution in [0.25, 0.3) is 22.0 Å². The van der Waals surface area contributed by atoms with E-state index in [1.54, 1.807) is 30.3 Å². The van der Waals surface area contributed by atoms with Gasteiger partial charge >= 0.3 is 18.3 Å². The number of primary amides is 1. The zero-order valence-corrected chi connectivity index (χ0v) is 20.4. The average molecular weight is 561 g/mol. The molecule has 2 N–H and O–H groups in total. The Labute approximate surface area is 221 Å². The number of ether oxygens (including phenoxy) is 1. The highest BCUT2D eigenvalue weighted by Gasteiger charge is 2.37. The molecule has 6 nitrogen and oxygen atoms in total. The summed E-state index contributed by atoms with van der Waals surface area (Å²) in [4.78, 5) is 38.3. The first-order chi connectivity index (χ1) is 18.9. The van der Waals surface area contributed by atoms with Crippen LogP contribution in [-0.2, 0) is 25.4 Å². The molecular formula is C28H19F6N2O4+. The number of nitrogens with two attached hydrogens (primary N) is 1. The average Bonchev–Trinajstić information content (AvgIpc) is 2.92. The Morgan fingerprint density at radius 3 is 2.20 bits per heavy atom. The largest absolute Gasteiger partial charge is 0.490 e. The van der Waals surface area contributed by atoms with Crippen molar-refractivity contribution in [2.24, 2.45) is 0 Å². The van der Waals surface area contributed by atoms with E-state index in [0.29, 0.717) is 46.2 Å². The molecule has 0 spiro atoms. The molecule has 1 aliphatic rings. The zero-order valence-electron chi connectivity index (χ0n) is 20.4. The lowest BCUT2D eigenvalue weighted by atomic mass is 9.94. The van der Waals surface area contributed by atoms with Crippen molar-refractivity contribution in [2.45, 2.75) is 25.4 Å². The van der Waals surface area contributed by atoms with E-state index in [2.05, 4.69) is 0 Å². The van der Waals surface area contributed by atoms with Crippen LogP contribution in [0.3, 0.4) is 0 Å². The van der Waals surface area contributed by atoms with Gasteiger partial charge < -0.3 is 9.30 Å². The van der Waals surface area contributed by atoms with E-state index >= 15 is 0 Å². The van der Waals surface area contributed by atoms with Gasteiger partial charge in [-0.05, 0) is 29.8 Å². The first-order valence-electron chi connectivity index (χ1n) is 11.9. The molecule has 40 heavy (non-hydrogen) atoms. The highest BCUT2D eigenvalue weighted by atomic mass is 19.4. The van der Waals surface area contributed by atoms with Gasteiger partial charge in [0.05, 0.1) is 23.2 Å². The summed E-state index contributed by atoms with van der Waals surface area (Å²) in [5.74, 6) is -0.453. The highest BCUT2D eigenvalue weighted by molar-refractivity contribution is 6.07. The molecule has 0 fully saturated rings. The SMILES string of the molecule is O=Cc1ccc(-c2c(C(=O)[NH2+]Cc3cc(C(F)(F)F)cc(C(F)(F)F)c3)c(=O)n3c4c(cccc24)OCC3)cc1. The summed E-state index contributed by atoms with van der Waals surface area (Å²) in [6, 6.07) is 12.2. The lowest BCUT2D eigenvalue weighted by Crippen LogP contribution is -2.87. The zero-order chi connectivity index (χ0) is 28.8. The molecule has 1 aliphatic heterocycles. The van der Waals surface area contributed by atoms with Gasteiger partial charge in [0.25, 0.3) is 5.56 Å². The van der Waals surface area contributed by atoms with Gasteiger partial charge in [0.1, 0.15) is 25.2 Å². The Bertz CT molecular complexity index is 1670. The van der Waals surface area contributed by atoms with Crippen molar-refractivity contribution in [3.63, 3.8) is 0 Å². The maximum absolute atomic E-state index is 13.7. The van der Waals surface area contributed by atoms with Gasteiger partial charge in [0, 0.05) is 22.1 Å². The second-order valence-electron chi connectivity index (χ2n) is 9.13. The van der Waals surface area contributed by atoms with Crippen LogP contribution in [0, 0.1) is 0 Å². The van der Waals surface area contributed by atoms with Gasteiger partial charge in [-0.15, -0.1) is 0 Å². The first-order valence-corrected chi connectivity index (χ1v) is 11.9. The van der Waals surface area contributed by atoms with Crippen molar-refractivity contribution in [3.05, 3.63) is 98.8 Å². The molecular weight excluding hydrogens is 542 g/mol. The van der Waals surface area contributed by atoms with Crippen LogP contribution in [0.1, 0.15) is 37.4 Å². The van der Waals surface area contributed by atoms with Crippen LogP contribution >= 0.6 is 0 Å². The smallest absolute Gasteiger partial charge is 0.416 e. The number of halogens is 6.